The lowest BCUT2D eigenvalue weighted by Gasteiger charge is -2.30. The van der Waals surface area contributed by atoms with E-state index in [4.69, 9.17) is 14.5 Å². The fraction of sp³-hybridized carbons (Fsp3) is 0.360. The van der Waals surface area contributed by atoms with Crippen molar-refractivity contribution in [2.45, 2.75) is 45.1 Å². The maximum Gasteiger partial charge on any atom is 0.280 e. The van der Waals surface area contributed by atoms with Gasteiger partial charge in [0.15, 0.2) is 16.7 Å². The fourth-order valence-electron chi connectivity index (χ4n) is 4.25. The van der Waals surface area contributed by atoms with Crippen LogP contribution >= 0.6 is 11.8 Å². The molecule has 0 aromatic heterocycles. The largest absolute Gasteiger partial charge is 0.493 e. The Morgan fingerprint density at radius 2 is 1.74 bits per heavy atom. The molecule has 0 N–H and O–H groups in total. The zero-order valence-electron chi connectivity index (χ0n) is 19.4. The highest BCUT2D eigenvalue weighted by molar-refractivity contribution is 8.18. The third kappa shape index (κ3) is 4.94. The highest BCUT2D eigenvalue weighted by Gasteiger charge is 2.39. The van der Waals surface area contributed by atoms with Gasteiger partial charge < -0.3 is 9.47 Å². The van der Waals surface area contributed by atoms with Gasteiger partial charge >= 0.3 is 0 Å². The summed E-state index contributed by atoms with van der Waals surface area (Å²) in [6, 6.07) is 10.7. The molecule has 0 spiro atoms. The molecule has 0 bridgehead atoms. The van der Waals surface area contributed by atoms with Crippen LogP contribution in [-0.4, -0.2) is 41.2 Å². The molecular weight excluding hydrogens is 454 g/mol. The minimum absolute atomic E-state index is 0.0734. The lowest BCUT2D eigenvalue weighted by atomic mass is 9.94. The molecule has 2 aromatic rings. The van der Waals surface area contributed by atoms with Gasteiger partial charge in [0.2, 0.25) is 0 Å². The number of benzene rings is 2. The summed E-state index contributed by atoms with van der Waals surface area (Å²) in [7, 11) is 2.89. The average molecular weight is 482 g/mol. The molecule has 1 amide bonds. The Morgan fingerprint density at radius 3 is 2.35 bits per heavy atom. The number of carbonyl (C=O) groups excluding carboxylic acids is 1. The molecule has 1 heterocycles. The van der Waals surface area contributed by atoms with E-state index in [2.05, 4.69) is 0 Å². The van der Waals surface area contributed by atoms with Crippen molar-refractivity contribution < 1.29 is 19.2 Å². The Kier molecular flexibility index (Phi) is 7.21. The van der Waals surface area contributed by atoms with Crippen LogP contribution in [0.3, 0.4) is 0 Å². The van der Waals surface area contributed by atoms with Gasteiger partial charge in [-0.1, -0.05) is 37.0 Å². The Hall–Kier alpha value is -3.33. The number of aryl methyl sites for hydroxylation is 1. The molecular formula is C25H27N3O5S. The second-order valence-electron chi connectivity index (χ2n) is 8.33. The number of nitro benzene ring substituents is 1. The summed E-state index contributed by atoms with van der Waals surface area (Å²) in [6.07, 6.45) is 6.69. The molecule has 0 radical (unpaired) electrons. The van der Waals surface area contributed by atoms with E-state index in [1.807, 2.05) is 31.2 Å². The minimum atomic E-state index is -0.487. The van der Waals surface area contributed by atoms with Gasteiger partial charge in [-0.2, -0.15) is 0 Å². The number of nitrogens with zero attached hydrogens (tertiary/aromatic N) is 3. The molecule has 1 saturated heterocycles. The molecule has 2 aromatic carbocycles. The van der Waals surface area contributed by atoms with Crippen molar-refractivity contribution in [3.05, 3.63) is 62.5 Å². The number of carbonyl (C=O) groups is 1. The van der Waals surface area contributed by atoms with Gasteiger partial charge in [-0.3, -0.25) is 19.8 Å². The molecule has 0 unspecified atom stereocenters. The van der Waals surface area contributed by atoms with Gasteiger partial charge in [0.05, 0.1) is 41.4 Å². The first-order valence-electron chi connectivity index (χ1n) is 11.2. The molecule has 1 saturated carbocycles. The molecule has 1 aliphatic carbocycles. The summed E-state index contributed by atoms with van der Waals surface area (Å²) in [5, 5.41) is 12.4. The van der Waals surface area contributed by atoms with E-state index >= 15 is 0 Å². The number of aliphatic imine (C=N–C) groups is 1. The summed E-state index contributed by atoms with van der Waals surface area (Å²) in [4.78, 5) is 31.8. The predicted molar refractivity (Wildman–Crippen MR) is 134 cm³/mol. The molecule has 2 aliphatic rings. The number of ether oxygens (including phenoxy) is 2. The third-order valence-corrected chi connectivity index (χ3v) is 7.03. The molecule has 34 heavy (non-hydrogen) atoms. The van der Waals surface area contributed by atoms with Gasteiger partial charge in [-0.15, -0.1) is 0 Å². The number of amidine groups is 1. The van der Waals surface area contributed by atoms with E-state index in [1.165, 1.54) is 38.1 Å². The Bertz CT molecular complexity index is 1150. The molecule has 1 aliphatic heterocycles. The van der Waals surface area contributed by atoms with E-state index in [0.717, 1.165) is 43.4 Å². The standard InChI is InChI=1S/C25H27N3O5S/c1-16-9-11-18(12-10-16)26-25-27(19-7-5-4-6-8-19)24(29)23(34-25)14-17-13-21(32-2)22(33-3)15-20(17)28(30)31/h9-15,19H,4-8H2,1-3H3/b23-14+,26-25?. The summed E-state index contributed by atoms with van der Waals surface area (Å²) < 4.78 is 10.5. The van der Waals surface area contributed by atoms with Crippen molar-refractivity contribution in [3.63, 3.8) is 0 Å². The van der Waals surface area contributed by atoms with E-state index < -0.39 is 4.92 Å². The molecule has 4 rings (SSSR count). The van der Waals surface area contributed by atoms with Gasteiger partial charge in [0, 0.05) is 6.04 Å². The van der Waals surface area contributed by atoms with Crippen LogP contribution in [0.15, 0.2) is 46.3 Å². The second-order valence-corrected chi connectivity index (χ2v) is 9.34. The number of hydrogen-bond acceptors (Lipinski definition) is 7. The smallest absolute Gasteiger partial charge is 0.280 e. The first kappa shape index (κ1) is 23.8. The van der Waals surface area contributed by atoms with Crippen LogP contribution in [0.1, 0.15) is 43.2 Å². The van der Waals surface area contributed by atoms with Crippen molar-refractivity contribution in [1.29, 1.82) is 0 Å². The minimum Gasteiger partial charge on any atom is -0.493 e. The average Bonchev–Trinajstić information content (AvgIpc) is 3.14. The van der Waals surface area contributed by atoms with Crippen LogP contribution in [0, 0.1) is 17.0 Å². The maximum absolute atomic E-state index is 13.6. The summed E-state index contributed by atoms with van der Waals surface area (Å²) in [5.41, 5.74) is 2.01. The van der Waals surface area contributed by atoms with Gasteiger partial charge in [-0.25, -0.2) is 4.99 Å². The number of nitro groups is 1. The Labute approximate surface area is 202 Å². The van der Waals surface area contributed by atoms with Gasteiger partial charge in [0.1, 0.15) is 0 Å². The molecule has 8 nitrogen and oxygen atoms in total. The number of rotatable bonds is 6. The Morgan fingerprint density at radius 1 is 1.09 bits per heavy atom. The maximum atomic E-state index is 13.6. The summed E-state index contributed by atoms with van der Waals surface area (Å²) >= 11 is 1.25. The first-order valence-corrected chi connectivity index (χ1v) is 12.0. The SMILES string of the molecule is COc1cc(/C=C2/SC(=Nc3ccc(C)cc3)N(C3CCCCC3)C2=O)c([N+](=O)[O-])cc1OC. The lowest BCUT2D eigenvalue weighted by molar-refractivity contribution is -0.385. The first-order chi connectivity index (χ1) is 16.4. The van der Waals surface area contributed by atoms with Crippen molar-refractivity contribution in [3.8, 4) is 11.5 Å². The summed E-state index contributed by atoms with van der Waals surface area (Å²) in [6.45, 7) is 2.01. The highest BCUT2D eigenvalue weighted by atomic mass is 32.2. The normalized spacial score (nSPS) is 19.1. The number of thioether (sulfide) groups is 1. The van der Waals surface area contributed by atoms with Crippen molar-refractivity contribution in [2.24, 2.45) is 4.99 Å². The molecule has 9 heteroatoms. The number of amides is 1. The van der Waals surface area contributed by atoms with Crippen LogP contribution in [0.5, 0.6) is 11.5 Å². The van der Waals surface area contributed by atoms with E-state index in [-0.39, 0.29) is 28.9 Å². The zero-order chi connectivity index (χ0) is 24.2. The van der Waals surface area contributed by atoms with E-state index in [0.29, 0.717) is 15.8 Å². The third-order valence-electron chi connectivity index (χ3n) is 6.05. The van der Waals surface area contributed by atoms with E-state index in [1.54, 1.807) is 11.0 Å². The van der Waals surface area contributed by atoms with Crippen LogP contribution in [0.4, 0.5) is 11.4 Å². The van der Waals surface area contributed by atoms with Gasteiger partial charge in [0.25, 0.3) is 11.6 Å². The number of methoxy groups -OCH3 is 2. The lowest BCUT2D eigenvalue weighted by Crippen LogP contribution is -2.40. The van der Waals surface area contributed by atoms with E-state index in [9.17, 15) is 14.9 Å². The molecule has 178 valence electrons. The second kappa shape index (κ2) is 10.3. The fourth-order valence-corrected chi connectivity index (χ4v) is 5.30. The van der Waals surface area contributed by atoms with Crippen molar-refractivity contribution in [2.75, 3.05) is 14.2 Å². The highest BCUT2D eigenvalue weighted by Crippen LogP contribution is 2.41. The van der Waals surface area contributed by atoms with Gasteiger partial charge in [-0.05, 0) is 55.8 Å². The van der Waals surface area contributed by atoms with Crippen molar-refractivity contribution in [1.82, 2.24) is 4.90 Å². The quantitative estimate of drug-likeness (QED) is 0.291. The Balaban J connectivity index is 1.77. The van der Waals surface area contributed by atoms with Crippen LogP contribution in [0.2, 0.25) is 0 Å². The zero-order valence-corrected chi connectivity index (χ0v) is 20.3. The van der Waals surface area contributed by atoms with Crippen molar-refractivity contribution >= 4 is 40.3 Å². The predicted octanol–water partition coefficient (Wildman–Crippen LogP) is 5.86. The number of hydrogen-bond donors (Lipinski definition) is 0. The van der Waals surface area contributed by atoms with Crippen LogP contribution in [0.25, 0.3) is 6.08 Å². The van der Waals surface area contributed by atoms with Crippen LogP contribution in [-0.2, 0) is 4.79 Å². The summed E-state index contributed by atoms with van der Waals surface area (Å²) in [5.74, 6) is 0.437. The molecule has 2 fully saturated rings. The topological polar surface area (TPSA) is 94.3 Å². The monoisotopic (exact) mass is 481 g/mol. The molecule has 0 atom stereocenters. The van der Waals surface area contributed by atoms with Crippen LogP contribution < -0.4 is 9.47 Å².